The van der Waals surface area contributed by atoms with Crippen LogP contribution in [-0.2, 0) is 23.9 Å². The van der Waals surface area contributed by atoms with Crippen LogP contribution >= 0.6 is 23.2 Å². The standard InChI is InChI=1S/C29H35Cl2NO5/c1-6-24(28(35)36-7-2)32-26(18-11-13-21(30)14-12-18)23(19-9-8-10-22(31)15-19)16-20(27(32)34)17-25(33)37-29(3,4)5/h8-15,20,23-24,26H,6-7,16-17H2,1-5H3. The Kier molecular flexibility index (Phi) is 9.65. The minimum atomic E-state index is -0.823. The minimum Gasteiger partial charge on any atom is -0.464 e. The topological polar surface area (TPSA) is 72.9 Å². The third-order valence-corrected chi connectivity index (χ3v) is 6.91. The van der Waals surface area contributed by atoms with Crippen molar-refractivity contribution in [3.05, 3.63) is 69.7 Å². The van der Waals surface area contributed by atoms with Gasteiger partial charge in [-0.05, 0) is 75.9 Å². The molecule has 6 nitrogen and oxygen atoms in total. The van der Waals surface area contributed by atoms with Crippen molar-refractivity contribution in [3.63, 3.8) is 0 Å². The Hall–Kier alpha value is -2.57. The van der Waals surface area contributed by atoms with Crippen molar-refractivity contribution < 1.29 is 23.9 Å². The average molecular weight is 549 g/mol. The third-order valence-electron chi connectivity index (χ3n) is 6.43. The van der Waals surface area contributed by atoms with Crippen molar-refractivity contribution in [1.29, 1.82) is 0 Å². The molecule has 4 unspecified atom stereocenters. The molecule has 0 aromatic heterocycles. The van der Waals surface area contributed by atoms with Gasteiger partial charge in [-0.3, -0.25) is 9.59 Å². The highest BCUT2D eigenvalue weighted by atomic mass is 35.5. The van der Waals surface area contributed by atoms with Gasteiger partial charge in [-0.25, -0.2) is 4.79 Å². The summed E-state index contributed by atoms with van der Waals surface area (Å²) in [6, 6.07) is 13.5. The van der Waals surface area contributed by atoms with E-state index in [2.05, 4.69) is 0 Å². The number of esters is 2. The first kappa shape index (κ1) is 29.0. The number of amides is 1. The van der Waals surface area contributed by atoms with Crippen LogP contribution in [0.15, 0.2) is 48.5 Å². The van der Waals surface area contributed by atoms with E-state index in [4.69, 9.17) is 32.7 Å². The third kappa shape index (κ3) is 7.26. The van der Waals surface area contributed by atoms with Gasteiger partial charge in [-0.2, -0.15) is 0 Å². The molecule has 3 rings (SSSR count). The van der Waals surface area contributed by atoms with E-state index in [1.165, 1.54) is 0 Å². The van der Waals surface area contributed by atoms with Crippen molar-refractivity contribution in [1.82, 2.24) is 4.90 Å². The number of piperidine rings is 1. The molecule has 1 aliphatic rings. The highest BCUT2D eigenvalue weighted by molar-refractivity contribution is 6.30. The number of ether oxygens (including phenoxy) is 2. The second-order valence-corrected chi connectivity index (χ2v) is 11.2. The highest BCUT2D eigenvalue weighted by Crippen LogP contribution is 2.48. The number of halogens is 2. The Morgan fingerprint density at radius 1 is 1.03 bits per heavy atom. The molecule has 0 N–H and O–H groups in total. The number of benzene rings is 2. The molecule has 0 radical (unpaired) electrons. The van der Waals surface area contributed by atoms with Crippen molar-refractivity contribution in [2.24, 2.45) is 5.92 Å². The molecule has 0 bridgehead atoms. The summed E-state index contributed by atoms with van der Waals surface area (Å²) < 4.78 is 10.9. The number of hydrogen-bond acceptors (Lipinski definition) is 5. The second-order valence-electron chi connectivity index (χ2n) is 10.3. The zero-order chi connectivity index (χ0) is 27.3. The number of carbonyl (C=O) groups is 3. The number of nitrogens with zero attached hydrogens (tertiary/aromatic N) is 1. The van der Waals surface area contributed by atoms with Crippen molar-refractivity contribution in [2.75, 3.05) is 6.61 Å². The maximum Gasteiger partial charge on any atom is 0.328 e. The van der Waals surface area contributed by atoms with E-state index in [1.54, 1.807) is 50.8 Å². The zero-order valence-electron chi connectivity index (χ0n) is 22.0. The van der Waals surface area contributed by atoms with Gasteiger partial charge in [-0.15, -0.1) is 0 Å². The molecule has 8 heteroatoms. The second kappa shape index (κ2) is 12.3. The molecule has 4 atom stereocenters. The number of hydrogen-bond donors (Lipinski definition) is 0. The van der Waals surface area contributed by atoms with E-state index < -0.39 is 35.5 Å². The maximum atomic E-state index is 14.1. The summed E-state index contributed by atoms with van der Waals surface area (Å²) in [6.07, 6.45) is 0.661. The highest BCUT2D eigenvalue weighted by Gasteiger charge is 2.48. The van der Waals surface area contributed by atoms with Crippen LogP contribution in [0, 0.1) is 5.92 Å². The average Bonchev–Trinajstić information content (AvgIpc) is 2.81. The zero-order valence-corrected chi connectivity index (χ0v) is 23.5. The molecular weight excluding hydrogens is 513 g/mol. The van der Waals surface area contributed by atoms with Gasteiger partial charge in [-0.1, -0.05) is 54.4 Å². The Balaban J connectivity index is 2.15. The molecule has 1 fully saturated rings. The van der Waals surface area contributed by atoms with Gasteiger partial charge in [0.15, 0.2) is 0 Å². The molecule has 0 spiro atoms. The van der Waals surface area contributed by atoms with Crippen LogP contribution < -0.4 is 0 Å². The maximum absolute atomic E-state index is 14.1. The number of likely N-dealkylation sites (tertiary alicyclic amines) is 1. The Morgan fingerprint density at radius 2 is 1.70 bits per heavy atom. The summed E-state index contributed by atoms with van der Waals surface area (Å²) in [6.45, 7) is 9.15. The lowest BCUT2D eigenvalue weighted by molar-refractivity contribution is -0.166. The largest absolute Gasteiger partial charge is 0.464 e. The smallest absolute Gasteiger partial charge is 0.328 e. The first-order chi connectivity index (χ1) is 17.4. The van der Waals surface area contributed by atoms with Crippen LogP contribution in [-0.4, -0.2) is 41.0 Å². The monoisotopic (exact) mass is 547 g/mol. The summed E-state index contributed by atoms with van der Waals surface area (Å²) in [5.74, 6) is -2.12. The minimum absolute atomic E-state index is 0.0870. The number of carbonyl (C=O) groups excluding carboxylic acids is 3. The first-order valence-electron chi connectivity index (χ1n) is 12.7. The molecule has 1 amide bonds. The van der Waals surface area contributed by atoms with Gasteiger partial charge < -0.3 is 14.4 Å². The fraction of sp³-hybridized carbons (Fsp3) is 0.483. The van der Waals surface area contributed by atoms with E-state index in [9.17, 15) is 14.4 Å². The molecule has 1 saturated heterocycles. The van der Waals surface area contributed by atoms with Crippen molar-refractivity contribution in [3.8, 4) is 0 Å². The molecule has 2 aromatic rings. The SMILES string of the molecule is CCOC(=O)C(CC)N1C(=O)C(CC(=O)OC(C)(C)C)CC(c2cccc(Cl)c2)C1c1ccc(Cl)cc1. The normalized spacial score (nSPS) is 20.9. The van der Waals surface area contributed by atoms with E-state index in [1.807, 2.05) is 37.3 Å². The van der Waals surface area contributed by atoms with Crippen LogP contribution in [0.4, 0.5) is 0 Å². The van der Waals surface area contributed by atoms with Crippen LogP contribution in [0.25, 0.3) is 0 Å². The van der Waals surface area contributed by atoms with E-state index in [0.29, 0.717) is 22.9 Å². The molecule has 0 aliphatic carbocycles. The van der Waals surface area contributed by atoms with Gasteiger partial charge in [0.25, 0.3) is 0 Å². The lowest BCUT2D eigenvalue weighted by atomic mass is 9.74. The molecule has 200 valence electrons. The lowest BCUT2D eigenvalue weighted by Crippen LogP contribution is -2.54. The van der Waals surface area contributed by atoms with Gasteiger partial charge >= 0.3 is 11.9 Å². The quantitative estimate of drug-likeness (QED) is 0.342. The van der Waals surface area contributed by atoms with Gasteiger partial charge in [0.2, 0.25) is 5.91 Å². The summed E-state index contributed by atoms with van der Waals surface area (Å²) >= 11 is 12.6. The van der Waals surface area contributed by atoms with Crippen LogP contribution in [0.2, 0.25) is 10.0 Å². The lowest BCUT2D eigenvalue weighted by Gasteiger charge is -2.47. The van der Waals surface area contributed by atoms with Crippen molar-refractivity contribution >= 4 is 41.0 Å². The van der Waals surface area contributed by atoms with Gasteiger partial charge in [0, 0.05) is 21.9 Å². The van der Waals surface area contributed by atoms with Crippen LogP contribution in [0.1, 0.15) is 77.0 Å². The van der Waals surface area contributed by atoms with Crippen LogP contribution in [0.3, 0.4) is 0 Å². The van der Waals surface area contributed by atoms with Crippen LogP contribution in [0.5, 0.6) is 0 Å². The molecule has 1 aliphatic heterocycles. The van der Waals surface area contributed by atoms with E-state index in [0.717, 1.165) is 11.1 Å². The Bertz CT molecular complexity index is 1110. The predicted molar refractivity (Wildman–Crippen MR) is 145 cm³/mol. The van der Waals surface area contributed by atoms with E-state index in [-0.39, 0.29) is 24.9 Å². The fourth-order valence-electron chi connectivity index (χ4n) is 5.00. The Labute approximate surface area is 229 Å². The summed E-state index contributed by atoms with van der Waals surface area (Å²) in [7, 11) is 0. The molecule has 37 heavy (non-hydrogen) atoms. The van der Waals surface area contributed by atoms with Crippen molar-refractivity contribution in [2.45, 2.75) is 77.5 Å². The van der Waals surface area contributed by atoms with Gasteiger partial charge in [0.05, 0.1) is 19.1 Å². The summed E-state index contributed by atoms with van der Waals surface area (Å²) in [5.41, 5.74) is 1.07. The fourth-order valence-corrected chi connectivity index (χ4v) is 5.33. The predicted octanol–water partition coefficient (Wildman–Crippen LogP) is 6.74. The molecule has 0 saturated carbocycles. The van der Waals surface area contributed by atoms with Gasteiger partial charge in [0.1, 0.15) is 11.6 Å². The number of rotatable bonds is 8. The molecular formula is C29H35Cl2NO5. The summed E-state index contributed by atoms with van der Waals surface area (Å²) in [4.78, 5) is 41.6. The Morgan fingerprint density at radius 3 is 2.27 bits per heavy atom. The molecule has 1 heterocycles. The first-order valence-corrected chi connectivity index (χ1v) is 13.4. The summed E-state index contributed by atoms with van der Waals surface area (Å²) in [5, 5.41) is 1.13. The molecule has 2 aromatic carbocycles. The van der Waals surface area contributed by atoms with E-state index >= 15 is 0 Å².